The fraction of sp³-hybridized carbons (Fsp3) is 0.278. The third-order valence-electron chi connectivity index (χ3n) is 4.29. The second-order valence-electron chi connectivity index (χ2n) is 5.73. The molecular formula is C18H18ClNO. The van der Waals surface area contributed by atoms with Gasteiger partial charge in [-0.25, -0.2) is 0 Å². The van der Waals surface area contributed by atoms with Crippen LogP contribution in [0.1, 0.15) is 35.1 Å². The van der Waals surface area contributed by atoms with E-state index in [4.69, 9.17) is 11.6 Å². The Balaban J connectivity index is 2.01. The number of anilines is 1. The highest BCUT2D eigenvalue weighted by molar-refractivity contribution is 6.31. The van der Waals surface area contributed by atoms with Gasteiger partial charge in [-0.3, -0.25) is 4.79 Å². The largest absolute Gasteiger partial charge is 0.307 e. The van der Waals surface area contributed by atoms with Crippen LogP contribution in [0.2, 0.25) is 5.02 Å². The molecule has 0 saturated carbocycles. The van der Waals surface area contributed by atoms with E-state index >= 15 is 0 Å². The number of carbonyl (C=O) groups is 1. The van der Waals surface area contributed by atoms with Crippen LogP contribution in [0.4, 0.5) is 5.69 Å². The molecule has 21 heavy (non-hydrogen) atoms. The van der Waals surface area contributed by atoms with Gasteiger partial charge in [0.2, 0.25) is 5.91 Å². The Morgan fingerprint density at radius 3 is 2.71 bits per heavy atom. The number of nitrogens with zero attached hydrogens (tertiary/aromatic N) is 1. The molecule has 2 aromatic rings. The summed E-state index contributed by atoms with van der Waals surface area (Å²) >= 11 is 6.18. The van der Waals surface area contributed by atoms with Gasteiger partial charge in [0.1, 0.15) is 0 Å². The lowest BCUT2D eigenvalue weighted by Crippen LogP contribution is -2.27. The number of hydrogen-bond donors (Lipinski definition) is 0. The van der Waals surface area contributed by atoms with Crippen LogP contribution in [0.5, 0.6) is 0 Å². The number of hydrogen-bond acceptors (Lipinski definition) is 1. The first-order chi connectivity index (χ1) is 9.99. The molecule has 0 bridgehead atoms. The zero-order chi connectivity index (χ0) is 15.1. The Morgan fingerprint density at radius 2 is 1.95 bits per heavy atom. The summed E-state index contributed by atoms with van der Waals surface area (Å²) in [6.07, 6.45) is 0. The minimum atomic E-state index is -0.0700. The molecule has 0 N–H and O–H groups in total. The van der Waals surface area contributed by atoms with Gasteiger partial charge in [-0.15, -0.1) is 0 Å². The molecule has 0 spiro atoms. The third kappa shape index (κ3) is 2.34. The summed E-state index contributed by atoms with van der Waals surface area (Å²) < 4.78 is 0. The number of fused-ring (bicyclic) bond motifs is 1. The van der Waals surface area contributed by atoms with Crippen LogP contribution in [-0.4, -0.2) is 5.91 Å². The number of halogens is 1. The van der Waals surface area contributed by atoms with Crippen molar-refractivity contribution < 1.29 is 4.79 Å². The molecule has 2 aromatic carbocycles. The summed E-state index contributed by atoms with van der Waals surface area (Å²) in [5, 5.41) is 0.747. The van der Waals surface area contributed by atoms with Gasteiger partial charge in [-0.1, -0.05) is 41.4 Å². The molecule has 0 saturated heterocycles. The first-order valence-electron chi connectivity index (χ1n) is 7.15. The van der Waals surface area contributed by atoms with Gasteiger partial charge in [0.15, 0.2) is 0 Å². The lowest BCUT2D eigenvalue weighted by atomic mass is 10.0. The minimum absolute atomic E-state index is 0.0700. The second kappa shape index (κ2) is 5.19. The maximum Gasteiger partial charge on any atom is 0.234 e. The molecule has 0 radical (unpaired) electrons. The predicted octanol–water partition coefficient (Wildman–Crippen LogP) is 4.61. The van der Waals surface area contributed by atoms with Crippen molar-refractivity contribution in [1.82, 2.24) is 0 Å². The average molecular weight is 300 g/mol. The van der Waals surface area contributed by atoms with Gasteiger partial charge in [0, 0.05) is 10.7 Å². The van der Waals surface area contributed by atoms with Crippen LogP contribution in [0, 0.1) is 13.8 Å². The third-order valence-corrected chi connectivity index (χ3v) is 4.69. The topological polar surface area (TPSA) is 20.3 Å². The minimum Gasteiger partial charge on any atom is -0.307 e. The van der Waals surface area contributed by atoms with E-state index < -0.39 is 0 Å². The molecule has 0 aliphatic carbocycles. The molecule has 1 aliphatic rings. The summed E-state index contributed by atoms with van der Waals surface area (Å²) in [6, 6.07) is 12.1. The quantitative estimate of drug-likeness (QED) is 0.793. The molecule has 0 aromatic heterocycles. The van der Waals surface area contributed by atoms with Crippen LogP contribution in [-0.2, 0) is 11.3 Å². The second-order valence-corrected chi connectivity index (χ2v) is 6.14. The molecule has 0 fully saturated rings. The van der Waals surface area contributed by atoms with E-state index in [0.717, 1.165) is 27.4 Å². The van der Waals surface area contributed by atoms with E-state index in [1.165, 1.54) is 5.56 Å². The normalized spacial score (nSPS) is 17.2. The smallest absolute Gasteiger partial charge is 0.234 e. The lowest BCUT2D eigenvalue weighted by molar-refractivity contribution is -0.119. The molecule has 3 rings (SSSR count). The van der Waals surface area contributed by atoms with Crippen LogP contribution in [0.25, 0.3) is 0 Å². The first kappa shape index (κ1) is 14.2. The van der Waals surface area contributed by atoms with Gasteiger partial charge in [-0.2, -0.15) is 0 Å². The number of carbonyl (C=O) groups excluding carboxylic acids is 1. The Bertz CT molecular complexity index is 723. The molecule has 3 heteroatoms. The lowest BCUT2D eigenvalue weighted by Gasteiger charge is -2.19. The fourth-order valence-corrected chi connectivity index (χ4v) is 3.10. The number of rotatable bonds is 2. The standard InChI is InChI=1S/C18H18ClNO/c1-11-7-8-17-15(9-11)13(3)18(21)20(17)10-14-5-4-6-16(19)12(14)2/h4-9,13H,10H2,1-3H3. The molecule has 1 aliphatic heterocycles. The predicted molar refractivity (Wildman–Crippen MR) is 87.0 cm³/mol. The molecule has 1 atom stereocenters. The highest BCUT2D eigenvalue weighted by atomic mass is 35.5. The number of aryl methyl sites for hydroxylation is 1. The van der Waals surface area contributed by atoms with Crippen molar-refractivity contribution in [1.29, 1.82) is 0 Å². The van der Waals surface area contributed by atoms with E-state index in [1.54, 1.807) is 0 Å². The van der Waals surface area contributed by atoms with Crippen molar-refractivity contribution >= 4 is 23.2 Å². The summed E-state index contributed by atoms with van der Waals surface area (Å²) in [4.78, 5) is 14.4. The van der Waals surface area contributed by atoms with E-state index in [2.05, 4.69) is 19.1 Å². The molecule has 1 amide bonds. The SMILES string of the molecule is Cc1ccc2c(c1)C(C)C(=O)N2Cc1cccc(Cl)c1C. The summed E-state index contributed by atoms with van der Waals surface area (Å²) in [5.74, 6) is 0.0920. The van der Waals surface area contributed by atoms with Crippen molar-refractivity contribution in [3.63, 3.8) is 0 Å². The first-order valence-corrected chi connectivity index (χ1v) is 7.52. The van der Waals surface area contributed by atoms with Crippen LogP contribution >= 0.6 is 11.6 Å². The zero-order valence-electron chi connectivity index (χ0n) is 12.5. The highest BCUT2D eigenvalue weighted by Crippen LogP contribution is 2.38. The maximum absolute atomic E-state index is 12.6. The Hall–Kier alpha value is -1.80. The van der Waals surface area contributed by atoms with Gasteiger partial charge in [0.05, 0.1) is 12.5 Å². The van der Waals surface area contributed by atoms with E-state index in [1.807, 2.05) is 43.0 Å². The van der Waals surface area contributed by atoms with Crippen molar-refractivity contribution in [2.75, 3.05) is 4.90 Å². The maximum atomic E-state index is 12.6. The zero-order valence-corrected chi connectivity index (χ0v) is 13.2. The summed E-state index contributed by atoms with van der Waals surface area (Å²) in [5.41, 5.74) is 5.47. The van der Waals surface area contributed by atoms with Crippen LogP contribution < -0.4 is 4.90 Å². The molecular weight excluding hydrogens is 282 g/mol. The van der Waals surface area contributed by atoms with Crippen LogP contribution in [0.3, 0.4) is 0 Å². The van der Waals surface area contributed by atoms with Crippen molar-refractivity contribution in [3.8, 4) is 0 Å². The van der Waals surface area contributed by atoms with Gasteiger partial charge in [-0.05, 0) is 49.6 Å². The van der Waals surface area contributed by atoms with Gasteiger partial charge < -0.3 is 4.90 Å². The molecule has 1 unspecified atom stereocenters. The molecule has 2 nitrogen and oxygen atoms in total. The Morgan fingerprint density at radius 1 is 1.19 bits per heavy atom. The fourth-order valence-electron chi connectivity index (χ4n) is 2.91. The summed E-state index contributed by atoms with van der Waals surface area (Å²) in [6.45, 7) is 6.61. The average Bonchev–Trinajstić information content (AvgIpc) is 2.69. The van der Waals surface area contributed by atoms with E-state index in [9.17, 15) is 4.79 Å². The van der Waals surface area contributed by atoms with E-state index in [-0.39, 0.29) is 11.8 Å². The number of benzene rings is 2. The van der Waals surface area contributed by atoms with Gasteiger partial charge in [0.25, 0.3) is 0 Å². The Kier molecular flexibility index (Phi) is 3.50. The van der Waals surface area contributed by atoms with Crippen molar-refractivity contribution in [2.45, 2.75) is 33.2 Å². The van der Waals surface area contributed by atoms with Crippen molar-refractivity contribution in [2.24, 2.45) is 0 Å². The monoisotopic (exact) mass is 299 g/mol. The Labute approximate surface area is 130 Å². The van der Waals surface area contributed by atoms with E-state index in [0.29, 0.717) is 6.54 Å². The van der Waals surface area contributed by atoms with Crippen molar-refractivity contribution in [3.05, 3.63) is 63.7 Å². The number of amides is 1. The summed E-state index contributed by atoms with van der Waals surface area (Å²) in [7, 11) is 0. The molecule has 1 heterocycles. The molecule has 108 valence electrons. The highest BCUT2D eigenvalue weighted by Gasteiger charge is 2.34. The van der Waals surface area contributed by atoms with Gasteiger partial charge >= 0.3 is 0 Å². The van der Waals surface area contributed by atoms with Crippen LogP contribution in [0.15, 0.2) is 36.4 Å².